The Morgan fingerprint density at radius 3 is 2.72 bits per heavy atom. The molecule has 5 heteroatoms. The zero-order valence-electron chi connectivity index (χ0n) is 10.6. The Bertz CT molecular complexity index is 565. The minimum Gasteiger partial charge on any atom is -0.496 e. The molecule has 2 rings (SSSR count). The number of nitrogens with two attached hydrogens (primary N) is 1. The van der Waals surface area contributed by atoms with Gasteiger partial charge in [0.2, 0.25) is 0 Å². The van der Waals surface area contributed by atoms with Gasteiger partial charge in [-0.15, -0.1) is 0 Å². The highest BCUT2D eigenvalue weighted by atomic mass is 19.1. The molecular weight excluding hydrogens is 233 g/mol. The summed E-state index contributed by atoms with van der Waals surface area (Å²) in [5.41, 5.74) is 7.25. The molecule has 0 aliphatic carbocycles. The van der Waals surface area contributed by atoms with Gasteiger partial charge < -0.3 is 10.5 Å². The summed E-state index contributed by atoms with van der Waals surface area (Å²) in [5.74, 6) is 0.706. The van der Waals surface area contributed by atoms with Gasteiger partial charge in [0.15, 0.2) is 0 Å². The average molecular weight is 249 g/mol. The molecule has 0 bridgehead atoms. The van der Waals surface area contributed by atoms with E-state index in [1.165, 1.54) is 13.2 Å². The van der Waals surface area contributed by atoms with Gasteiger partial charge in [0.25, 0.3) is 0 Å². The van der Waals surface area contributed by atoms with Crippen LogP contribution in [0.4, 0.5) is 10.2 Å². The van der Waals surface area contributed by atoms with Crippen molar-refractivity contribution in [2.45, 2.75) is 19.9 Å². The number of aromatic nitrogens is 2. The molecule has 0 amide bonds. The number of nitrogens with zero attached hydrogens (tertiary/aromatic N) is 2. The SMILES string of the molecule is COc1cccc(F)c1C(C)n1ncc(C)c1N. The van der Waals surface area contributed by atoms with Gasteiger partial charge in [-0.3, -0.25) is 0 Å². The van der Waals surface area contributed by atoms with E-state index >= 15 is 0 Å². The van der Waals surface area contributed by atoms with Gasteiger partial charge in [0.1, 0.15) is 17.4 Å². The van der Waals surface area contributed by atoms with Gasteiger partial charge in [-0.05, 0) is 26.0 Å². The third-order valence-electron chi connectivity index (χ3n) is 3.04. The van der Waals surface area contributed by atoms with Crippen LogP contribution in [-0.2, 0) is 0 Å². The predicted octanol–water partition coefficient (Wildman–Crippen LogP) is 2.53. The molecule has 0 aliphatic rings. The summed E-state index contributed by atoms with van der Waals surface area (Å²) in [5, 5.41) is 4.18. The van der Waals surface area contributed by atoms with Crippen molar-refractivity contribution in [2.24, 2.45) is 0 Å². The lowest BCUT2D eigenvalue weighted by Crippen LogP contribution is -2.14. The molecule has 18 heavy (non-hydrogen) atoms. The van der Waals surface area contributed by atoms with Crippen LogP contribution in [0.2, 0.25) is 0 Å². The highest BCUT2D eigenvalue weighted by Crippen LogP contribution is 2.31. The van der Waals surface area contributed by atoms with Gasteiger partial charge in [-0.25, -0.2) is 9.07 Å². The lowest BCUT2D eigenvalue weighted by Gasteiger charge is -2.18. The number of hydrogen-bond donors (Lipinski definition) is 1. The molecule has 1 atom stereocenters. The number of ether oxygens (including phenoxy) is 1. The van der Waals surface area contributed by atoms with E-state index in [1.807, 2.05) is 13.8 Å². The first-order valence-corrected chi connectivity index (χ1v) is 5.68. The lowest BCUT2D eigenvalue weighted by atomic mass is 10.1. The molecule has 0 radical (unpaired) electrons. The molecule has 0 saturated carbocycles. The third kappa shape index (κ3) is 1.92. The van der Waals surface area contributed by atoms with Crippen LogP contribution in [-0.4, -0.2) is 16.9 Å². The van der Waals surface area contributed by atoms with Crippen molar-refractivity contribution in [3.8, 4) is 5.75 Å². The molecule has 4 nitrogen and oxygen atoms in total. The number of anilines is 1. The second-order valence-corrected chi connectivity index (χ2v) is 4.19. The molecule has 0 fully saturated rings. The maximum absolute atomic E-state index is 13.9. The van der Waals surface area contributed by atoms with Crippen molar-refractivity contribution in [3.63, 3.8) is 0 Å². The number of methoxy groups -OCH3 is 1. The van der Waals surface area contributed by atoms with Crippen LogP contribution >= 0.6 is 0 Å². The average Bonchev–Trinajstić information content (AvgIpc) is 2.69. The largest absolute Gasteiger partial charge is 0.496 e. The number of aryl methyl sites for hydroxylation is 1. The molecule has 2 aromatic rings. The van der Waals surface area contributed by atoms with E-state index in [9.17, 15) is 4.39 Å². The number of halogens is 1. The van der Waals surface area contributed by atoms with Crippen molar-refractivity contribution in [1.82, 2.24) is 9.78 Å². The maximum atomic E-state index is 13.9. The molecule has 0 spiro atoms. The first-order chi connectivity index (χ1) is 8.56. The van der Waals surface area contributed by atoms with Crippen molar-refractivity contribution in [1.29, 1.82) is 0 Å². The minimum atomic E-state index is -0.325. The van der Waals surface area contributed by atoms with Crippen LogP contribution in [0.1, 0.15) is 24.1 Å². The van der Waals surface area contributed by atoms with E-state index in [0.717, 1.165) is 5.56 Å². The standard InChI is InChI=1S/C13H16FN3O/c1-8-7-16-17(13(8)15)9(2)12-10(14)5-4-6-11(12)18-3/h4-7,9H,15H2,1-3H3. The van der Waals surface area contributed by atoms with Gasteiger partial charge >= 0.3 is 0 Å². The van der Waals surface area contributed by atoms with E-state index in [1.54, 1.807) is 23.0 Å². The van der Waals surface area contributed by atoms with Crippen molar-refractivity contribution < 1.29 is 9.13 Å². The minimum absolute atomic E-state index is 0.324. The van der Waals surface area contributed by atoms with E-state index in [-0.39, 0.29) is 11.9 Å². The number of hydrogen-bond acceptors (Lipinski definition) is 3. The normalized spacial score (nSPS) is 12.4. The summed E-state index contributed by atoms with van der Waals surface area (Å²) in [6.07, 6.45) is 1.67. The smallest absolute Gasteiger partial charge is 0.132 e. The molecule has 1 unspecified atom stereocenters. The zero-order valence-corrected chi connectivity index (χ0v) is 10.6. The quantitative estimate of drug-likeness (QED) is 0.909. The van der Waals surface area contributed by atoms with Crippen LogP contribution in [0.25, 0.3) is 0 Å². The van der Waals surface area contributed by atoms with Crippen LogP contribution in [0.3, 0.4) is 0 Å². The van der Waals surface area contributed by atoms with Crippen molar-refractivity contribution in [2.75, 3.05) is 12.8 Å². The first-order valence-electron chi connectivity index (χ1n) is 5.68. The molecule has 0 saturated heterocycles. The van der Waals surface area contributed by atoms with E-state index < -0.39 is 0 Å². The zero-order chi connectivity index (χ0) is 13.3. The molecular formula is C13H16FN3O. The molecule has 2 N–H and O–H groups in total. The summed E-state index contributed by atoms with van der Waals surface area (Å²) >= 11 is 0. The fraction of sp³-hybridized carbons (Fsp3) is 0.308. The van der Waals surface area contributed by atoms with E-state index in [0.29, 0.717) is 17.1 Å². The van der Waals surface area contributed by atoms with Crippen LogP contribution < -0.4 is 10.5 Å². The van der Waals surface area contributed by atoms with Crippen LogP contribution in [0.15, 0.2) is 24.4 Å². The van der Waals surface area contributed by atoms with Gasteiger partial charge in [0.05, 0.1) is 24.9 Å². The topological polar surface area (TPSA) is 53.1 Å². The molecule has 1 aromatic carbocycles. The van der Waals surface area contributed by atoms with E-state index in [2.05, 4.69) is 5.10 Å². The molecule has 1 aromatic heterocycles. The van der Waals surface area contributed by atoms with Gasteiger partial charge in [-0.2, -0.15) is 5.10 Å². The number of rotatable bonds is 3. The van der Waals surface area contributed by atoms with Gasteiger partial charge in [0, 0.05) is 5.56 Å². The Labute approximate surface area is 105 Å². The van der Waals surface area contributed by atoms with Crippen LogP contribution in [0.5, 0.6) is 5.75 Å². The monoisotopic (exact) mass is 249 g/mol. The number of benzene rings is 1. The summed E-state index contributed by atoms with van der Waals surface area (Å²) in [7, 11) is 1.52. The fourth-order valence-corrected chi connectivity index (χ4v) is 1.99. The Morgan fingerprint density at radius 2 is 2.17 bits per heavy atom. The van der Waals surface area contributed by atoms with Crippen molar-refractivity contribution in [3.05, 3.63) is 41.3 Å². The summed E-state index contributed by atoms with van der Waals surface area (Å²) in [6.45, 7) is 3.70. The maximum Gasteiger partial charge on any atom is 0.132 e. The van der Waals surface area contributed by atoms with Crippen LogP contribution in [0, 0.1) is 12.7 Å². The van der Waals surface area contributed by atoms with Crippen molar-refractivity contribution >= 4 is 5.82 Å². The summed E-state index contributed by atoms with van der Waals surface area (Å²) in [6, 6.07) is 4.42. The van der Waals surface area contributed by atoms with Gasteiger partial charge in [-0.1, -0.05) is 6.07 Å². The Hall–Kier alpha value is -2.04. The Kier molecular flexibility index (Phi) is 3.23. The second-order valence-electron chi connectivity index (χ2n) is 4.19. The molecule has 0 aliphatic heterocycles. The Morgan fingerprint density at radius 1 is 1.44 bits per heavy atom. The molecule has 1 heterocycles. The third-order valence-corrected chi connectivity index (χ3v) is 3.04. The lowest BCUT2D eigenvalue weighted by molar-refractivity contribution is 0.393. The predicted molar refractivity (Wildman–Crippen MR) is 68.1 cm³/mol. The molecule has 96 valence electrons. The number of nitrogen functional groups attached to an aromatic ring is 1. The fourth-order valence-electron chi connectivity index (χ4n) is 1.99. The highest BCUT2D eigenvalue weighted by molar-refractivity contribution is 5.42. The first kappa shape index (κ1) is 12.4. The summed E-state index contributed by atoms with van der Waals surface area (Å²) < 4.78 is 20.7. The summed E-state index contributed by atoms with van der Waals surface area (Å²) in [4.78, 5) is 0. The highest BCUT2D eigenvalue weighted by Gasteiger charge is 2.20. The second kappa shape index (κ2) is 4.68. The van der Waals surface area contributed by atoms with E-state index in [4.69, 9.17) is 10.5 Å². The Balaban J connectivity index is 2.52.